The molecule has 5 nitrogen and oxygen atoms in total. The molecule has 0 aliphatic heterocycles. The maximum absolute atomic E-state index is 12.6. The third-order valence-corrected chi connectivity index (χ3v) is 5.72. The number of carbonyl (C=O) groups excluding carboxylic acids is 1. The molecule has 27 heavy (non-hydrogen) atoms. The van der Waals surface area contributed by atoms with E-state index in [0.29, 0.717) is 11.4 Å². The molecule has 1 N–H and O–H groups in total. The summed E-state index contributed by atoms with van der Waals surface area (Å²) >= 11 is 0. The first kappa shape index (κ1) is 19.0. The smallest absolute Gasteiger partial charge is 0.256 e. The van der Waals surface area contributed by atoms with Crippen LogP contribution in [-0.4, -0.2) is 25.1 Å². The largest absolute Gasteiger partial charge is 0.306 e. The number of amides is 1. The SMILES string of the molecule is Cc1ccc(-n2nc(C)cc2NC(=O)c2ccc([S@](=O)C(C)C)cc2)cc1. The zero-order valence-corrected chi connectivity index (χ0v) is 16.7. The Bertz CT molecular complexity index is 974. The van der Waals surface area contributed by atoms with E-state index < -0.39 is 10.8 Å². The van der Waals surface area contributed by atoms with E-state index in [1.165, 1.54) is 0 Å². The van der Waals surface area contributed by atoms with Gasteiger partial charge in [0, 0.05) is 21.8 Å². The molecule has 2 aromatic carbocycles. The highest BCUT2D eigenvalue weighted by Gasteiger charge is 2.14. The zero-order valence-electron chi connectivity index (χ0n) is 15.9. The van der Waals surface area contributed by atoms with Crippen LogP contribution in [0.4, 0.5) is 5.82 Å². The van der Waals surface area contributed by atoms with E-state index in [1.807, 2.05) is 58.0 Å². The fourth-order valence-electron chi connectivity index (χ4n) is 2.67. The van der Waals surface area contributed by atoms with Gasteiger partial charge in [0.1, 0.15) is 5.82 Å². The van der Waals surface area contributed by atoms with Gasteiger partial charge in [-0.1, -0.05) is 31.5 Å². The molecule has 0 radical (unpaired) electrons. The number of nitrogens with one attached hydrogen (secondary N) is 1. The normalized spacial score (nSPS) is 12.2. The molecular formula is C21H23N3O2S. The summed E-state index contributed by atoms with van der Waals surface area (Å²) in [5, 5.41) is 7.43. The van der Waals surface area contributed by atoms with Gasteiger partial charge in [0.2, 0.25) is 0 Å². The average Bonchev–Trinajstić information content (AvgIpc) is 3.01. The molecule has 0 saturated carbocycles. The molecule has 1 aromatic heterocycles. The fourth-order valence-corrected chi connectivity index (χ4v) is 3.62. The van der Waals surface area contributed by atoms with E-state index in [0.717, 1.165) is 21.8 Å². The van der Waals surface area contributed by atoms with E-state index in [4.69, 9.17) is 0 Å². The lowest BCUT2D eigenvalue weighted by atomic mass is 10.2. The molecule has 6 heteroatoms. The minimum atomic E-state index is -1.07. The van der Waals surface area contributed by atoms with Gasteiger partial charge in [-0.2, -0.15) is 5.10 Å². The van der Waals surface area contributed by atoms with Gasteiger partial charge in [-0.25, -0.2) is 4.68 Å². The van der Waals surface area contributed by atoms with E-state index in [2.05, 4.69) is 10.4 Å². The highest BCUT2D eigenvalue weighted by Crippen LogP contribution is 2.19. The van der Waals surface area contributed by atoms with E-state index in [1.54, 1.807) is 28.9 Å². The van der Waals surface area contributed by atoms with Gasteiger partial charge in [-0.05, 0) is 50.2 Å². The van der Waals surface area contributed by atoms with Gasteiger partial charge in [-0.3, -0.25) is 9.00 Å². The number of carbonyl (C=O) groups is 1. The summed E-state index contributed by atoms with van der Waals surface area (Å²) in [6.07, 6.45) is 0. The Morgan fingerprint density at radius 3 is 2.26 bits per heavy atom. The van der Waals surface area contributed by atoms with Crippen LogP contribution in [0.5, 0.6) is 0 Å². The third-order valence-electron chi connectivity index (χ3n) is 4.13. The van der Waals surface area contributed by atoms with Crippen LogP contribution in [0.15, 0.2) is 59.5 Å². The molecule has 1 heterocycles. The summed E-state index contributed by atoms with van der Waals surface area (Å²) in [6, 6.07) is 16.7. The Morgan fingerprint density at radius 2 is 1.67 bits per heavy atom. The summed E-state index contributed by atoms with van der Waals surface area (Å²) in [7, 11) is -1.07. The number of rotatable bonds is 5. The lowest BCUT2D eigenvalue weighted by Gasteiger charge is -2.10. The zero-order chi connectivity index (χ0) is 19.6. The molecule has 0 aliphatic carbocycles. The second kappa shape index (κ2) is 7.88. The van der Waals surface area contributed by atoms with Gasteiger partial charge in [-0.15, -0.1) is 0 Å². The molecular weight excluding hydrogens is 358 g/mol. The molecule has 3 aromatic rings. The van der Waals surface area contributed by atoms with Gasteiger partial charge < -0.3 is 5.32 Å². The number of nitrogens with zero attached hydrogens (tertiary/aromatic N) is 2. The van der Waals surface area contributed by atoms with Crippen molar-refractivity contribution in [2.24, 2.45) is 0 Å². The van der Waals surface area contributed by atoms with Crippen molar-refractivity contribution in [3.8, 4) is 5.69 Å². The molecule has 0 unspecified atom stereocenters. The van der Waals surface area contributed by atoms with Gasteiger partial charge in [0.05, 0.1) is 22.2 Å². The lowest BCUT2D eigenvalue weighted by molar-refractivity contribution is 0.102. The summed E-state index contributed by atoms with van der Waals surface area (Å²) < 4.78 is 13.9. The molecule has 0 spiro atoms. The summed E-state index contributed by atoms with van der Waals surface area (Å²) in [6.45, 7) is 7.73. The lowest BCUT2D eigenvalue weighted by Crippen LogP contribution is -2.15. The molecule has 140 valence electrons. The molecule has 1 atom stereocenters. The third kappa shape index (κ3) is 4.34. The van der Waals surface area contributed by atoms with E-state index in [-0.39, 0.29) is 11.2 Å². The van der Waals surface area contributed by atoms with Crippen LogP contribution < -0.4 is 5.32 Å². The van der Waals surface area contributed by atoms with Gasteiger partial charge in [0.15, 0.2) is 0 Å². The number of hydrogen-bond acceptors (Lipinski definition) is 3. The standard InChI is InChI=1S/C21H23N3O2S/c1-14(2)27(26)19-11-7-17(8-12-19)21(25)22-20-13-16(4)23-24(20)18-9-5-15(3)6-10-18/h5-14H,1-4H3,(H,22,25)/t27-/m1/s1. The minimum absolute atomic E-state index is 0.0384. The first-order chi connectivity index (χ1) is 12.8. The number of aromatic nitrogens is 2. The monoisotopic (exact) mass is 381 g/mol. The van der Waals surface area contributed by atoms with E-state index in [9.17, 15) is 9.00 Å². The first-order valence-corrected chi connectivity index (χ1v) is 10.0. The molecule has 0 bridgehead atoms. The predicted molar refractivity (Wildman–Crippen MR) is 109 cm³/mol. The second-order valence-corrected chi connectivity index (χ2v) is 8.75. The summed E-state index contributed by atoms with van der Waals surface area (Å²) in [5.74, 6) is 0.376. The van der Waals surface area contributed by atoms with Crippen molar-refractivity contribution in [1.82, 2.24) is 9.78 Å². The highest BCUT2D eigenvalue weighted by atomic mass is 32.2. The minimum Gasteiger partial charge on any atom is -0.306 e. The summed E-state index contributed by atoms with van der Waals surface area (Å²) in [4.78, 5) is 13.4. The summed E-state index contributed by atoms with van der Waals surface area (Å²) in [5.41, 5.74) is 3.36. The maximum Gasteiger partial charge on any atom is 0.256 e. The van der Waals surface area contributed by atoms with Crippen LogP contribution in [0.25, 0.3) is 5.69 Å². The molecule has 3 rings (SSSR count). The molecule has 0 aliphatic rings. The number of hydrogen-bond donors (Lipinski definition) is 1. The van der Waals surface area contributed by atoms with Crippen LogP contribution in [0.2, 0.25) is 0 Å². The van der Waals surface area contributed by atoms with Crippen molar-refractivity contribution in [1.29, 1.82) is 0 Å². The van der Waals surface area contributed by atoms with Crippen LogP contribution in [0.1, 0.15) is 35.5 Å². The van der Waals surface area contributed by atoms with E-state index >= 15 is 0 Å². The predicted octanol–water partition coefficient (Wildman–Crippen LogP) is 4.26. The number of anilines is 1. The Balaban J connectivity index is 1.82. The number of aryl methyl sites for hydroxylation is 2. The second-order valence-electron chi connectivity index (χ2n) is 6.74. The van der Waals surface area contributed by atoms with Crippen molar-refractivity contribution < 1.29 is 9.00 Å². The molecule has 0 saturated heterocycles. The maximum atomic E-state index is 12.6. The molecule has 0 fully saturated rings. The first-order valence-electron chi connectivity index (χ1n) is 8.81. The van der Waals surface area contributed by atoms with Crippen molar-refractivity contribution in [2.75, 3.05) is 5.32 Å². The van der Waals surface area contributed by atoms with Crippen LogP contribution in [-0.2, 0) is 10.8 Å². The topological polar surface area (TPSA) is 64.0 Å². The number of benzene rings is 2. The van der Waals surface area contributed by atoms with Gasteiger partial charge in [0.25, 0.3) is 5.91 Å². The van der Waals surface area contributed by atoms with Crippen LogP contribution in [0.3, 0.4) is 0 Å². The Morgan fingerprint density at radius 1 is 1.04 bits per heavy atom. The Kier molecular flexibility index (Phi) is 5.56. The van der Waals surface area contributed by atoms with Crippen molar-refractivity contribution >= 4 is 22.5 Å². The van der Waals surface area contributed by atoms with Crippen molar-refractivity contribution in [3.63, 3.8) is 0 Å². The Labute approximate surface area is 161 Å². The highest BCUT2D eigenvalue weighted by molar-refractivity contribution is 7.85. The average molecular weight is 382 g/mol. The van der Waals surface area contributed by atoms with Crippen molar-refractivity contribution in [3.05, 3.63) is 71.4 Å². The van der Waals surface area contributed by atoms with Crippen molar-refractivity contribution in [2.45, 2.75) is 37.8 Å². The van der Waals surface area contributed by atoms with Gasteiger partial charge >= 0.3 is 0 Å². The molecule has 1 amide bonds. The Hall–Kier alpha value is -2.73. The van der Waals surface area contributed by atoms with Crippen LogP contribution >= 0.6 is 0 Å². The fraction of sp³-hybridized carbons (Fsp3) is 0.238. The van der Waals surface area contributed by atoms with Crippen LogP contribution in [0, 0.1) is 13.8 Å². The quantitative estimate of drug-likeness (QED) is 0.718.